The van der Waals surface area contributed by atoms with Crippen molar-refractivity contribution in [1.29, 1.82) is 0 Å². The SMILES string of the molecule is CCOCCCNC(N)=NCc1csc(C(C)C)n1. The summed E-state index contributed by atoms with van der Waals surface area (Å²) >= 11 is 1.68. The maximum absolute atomic E-state index is 5.78. The molecule has 108 valence electrons. The van der Waals surface area contributed by atoms with E-state index in [0.717, 1.165) is 36.9 Å². The predicted molar refractivity (Wildman–Crippen MR) is 80.6 cm³/mol. The Balaban J connectivity index is 2.26. The standard InChI is InChI=1S/C13H24N4OS/c1-4-18-7-5-6-15-13(14)16-8-11-9-19-12(17-11)10(2)3/h9-10H,4-8H2,1-3H3,(H3,14,15,16). The molecule has 5 nitrogen and oxygen atoms in total. The zero-order valence-corrected chi connectivity index (χ0v) is 12.8. The molecule has 1 aromatic rings. The topological polar surface area (TPSA) is 72.5 Å². The molecule has 0 radical (unpaired) electrons. The lowest BCUT2D eigenvalue weighted by Crippen LogP contribution is -2.32. The first-order valence-electron chi connectivity index (χ1n) is 6.69. The van der Waals surface area contributed by atoms with Gasteiger partial charge in [0.2, 0.25) is 0 Å². The minimum absolute atomic E-state index is 0.468. The van der Waals surface area contributed by atoms with Crippen LogP contribution in [-0.4, -0.2) is 30.7 Å². The molecule has 0 atom stereocenters. The molecule has 0 spiro atoms. The molecule has 0 saturated heterocycles. The number of ether oxygens (including phenoxy) is 1. The van der Waals surface area contributed by atoms with Gasteiger partial charge in [0.25, 0.3) is 0 Å². The quantitative estimate of drug-likeness (QED) is 0.435. The number of nitrogens with zero attached hydrogens (tertiary/aromatic N) is 2. The second kappa shape index (κ2) is 8.87. The van der Waals surface area contributed by atoms with Gasteiger partial charge in [0.05, 0.1) is 17.2 Å². The van der Waals surface area contributed by atoms with E-state index in [9.17, 15) is 0 Å². The number of thiazole rings is 1. The van der Waals surface area contributed by atoms with Crippen molar-refractivity contribution in [1.82, 2.24) is 10.3 Å². The van der Waals surface area contributed by atoms with Gasteiger partial charge in [-0.3, -0.25) is 0 Å². The van der Waals surface area contributed by atoms with Crippen molar-refractivity contribution in [2.24, 2.45) is 10.7 Å². The Labute approximate surface area is 119 Å². The summed E-state index contributed by atoms with van der Waals surface area (Å²) in [7, 11) is 0. The number of rotatable bonds is 8. The second-order valence-corrected chi connectivity index (χ2v) is 5.40. The first-order chi connectivity index (χ1) is 9.13. The highest BCUT2D eigenvalue weighted by molar-refractivity contribution is 7.09. The number of guanidine groups is 1. The molecular weight excluding hydrogens is 260 g/mol. The fourth-order valence-electron chi connectivity index (χ4n) is 1.42. The third-order valence-electron chi connectivity index (χ3n) is 2.45. The summed E-state index contributed by atoms with van der Waals surface area (Å²) in [6.45, 7) is 9.09. The van der Waals surface area contributed by atoms with E-state index in [1.807, 2.05) is 12.3 Å². The summed E-state index contributed by atoms with van der Waals surface area (Å²) in [6.07, 6.45) is 0.929. The number of hydrogen-bond donors (Lipinski definition) is 2. The largest absolute Gasteiger partial charge is 0.382 e. The van der Waals surface area contributed by atoms with Gasteiger partial charge in [-0.05, 0) is 13.3 Å². The number of hydrogen-bond acceptors (Lipinski definition) is 4. The Morgan fingerprint density at radius 3 is 3.00 bits per heavy atom. The Morgan fingerprint density at radius 1 is 1.58 bits per heavy atom. The Hall–Kier alpha value is -1.14. The van der Waals surface area contributed by atoms with Crippen LogP contribution in [-0.2, 0) is 11.3 Å². The third kappa shape index (κ3) is 6.54. The van der Waals surface area contributed by atoms with Crippen LogP contribution in [0.15, 0.2) is 10.4 Å². The highest BCUT2D eigenvalue weighted by Crippen LogP contribution is 2.19. The van der Waals surface area contributed by atoms with Crippen LogP contribution in [0, 0.1) is 0 Å². The zero-order chi connectivity index (χ0) is 14.1. The van der Waals surface area contributed by atoms with Gasteiger partial charge in [0.1, 0.15) is 0 Å². The van der Waals surface area contributed by atoms with Crippen LogP contribution in [0.1, 0.15) is 43.8 Å². The molecule has 0 aliphatic rings. The molecule has 0 saturated carbocycles. The fourth-order valence-corrected chi connectivity index (χ4v) is 2.24. The lowest BCUT2D eigenvalue weighted by Gasteiger charge is -2.05. The van der Waals surface area contributed by atoms with E-state index < -0.39 is 0 Å². The minimum atomic E-state index is 0.468. The third-order valence-corrected chi connectivity index (χ3v) is 3.64. The van der Waals surface area contributed by atoms with Crippen molar-refractivity contribution < 1.29 is 4.74 Å². The molecule has 0 fully saturated rings. The van der Waals surface area contributed by atoms with E-state index >= 15 is 0 Å². The highest BCUT2D eigenvalue weighted by Gasteiger charge is 2.05. The lowest BCUT2D eigenvalue weighted by atomic mass is 10.2. The first kappa shape index (κ1) is 15.9. The Bertz CT molecular complexity index is 390. The van der Waals surface area contributed by atoms with E-state index in [2.05, 4.69) is 29.1 Å². The van der Waals surface area contributed by atoms with Crippen molar-refractivity contribution >= 4 is 17.3 Å². The van der Waals surface area contributed by atoms with Crippen LogP contribution in [0.5, 0.6) is 0 Å². The lowest BCUT2D eigenvalue weighted by molar-refractivity contribution is 0.145. The molecule has 0 aliphatic carbocycles. The summed E-state index contributed by atoms with van der Waals surface area (Å²) in [5.74, 6) is 0.937. The average Bonchev–Trinajstić information content (AvgIpc) is 2.85. The Kier molecular flexibility index (Phi) is 7.43. The summed E-state index contributed by atoms with van der Waals surface area (Å²) in [4.78, 5) is 8.78. The molecule has 6 heteroatoms. The molecule has 0 unspecified atom stereocenters. The molecule has 1 aromatic heterocycles. The number of aromatic nitrogens is 1. The maximum atomic E-state index is 5.78. The number of aliphatic imine (C=N–C) groups is 1. The number of nitrogens with one attached hydrogen (secondary N) is 1. The minimum Gasteiger partial charge on any atom is -0.382 e. The molecular formula is C13H24N4OS. The van der Waals surface area contributed by atoms with Crippen molar-refractivity contribution in [2.45, 2.75) is 39.7 Å². The van der Waals surface area contributed by atoms with E-state index in [1.165, 1.54) is 0 Å². The van der Waals surface area contributed by atoms with E-state index in [-0.39, 0.29) is 0 Å². The van der Waals surface area contributed by atoms with Crippen LogP contribution >= 0.6 is 11.3 Å². The fraction of sp³-hybridized carbons (Fsp3) is 0.692. The van der Waals surface area contributed by atoms with Gasteiger partial charge in [-0.25, -0.2) is 9.98 Å². The molecule has 0 aliphatic heterocycles. The van der Waals surface area contributed by atoms with Crippen LogP contribution in [0.2, 0.25) is 0 Å². The van der Waals surface area contributed by atoms with Crippen molar-refractivity contribution in [2.75, 3.05) is 19.8 Å². The maximum Gasteiger partial charge on any atom is 0.188 e. The van der Waals surface area contributed by atoms with E-state index in [0.29, 0.717) is 18.4 Å². The van der Waals surface area contributed by atoms with Crippen molar-refractivity contribution in [3.63, 3.8) is 0 Å². The van der Waals surface area contributed by atoms with Crippen molar-refractivity contribution in [3.8, 4) is 0 Å². The van der Waals surface area contributed by atoms with Crippen LogP contribution in [0.3, 0.4) is 0 Å². The predicted octanol–water partition coefficient (Wildman–Crippen LogP) is 2.10. The van der Waals surface area contributed by atoms with Crippen LogP contribution in [0.4, 0.5) is 0 Å². The van der Waals surface area contributed by atoms with E-state index in [1.54, 1.807) is 11.3 Å². The molecule has 0 bridgehead atoms. The van der Waals surface area contributed by atoms with Gasteiger partial charge in [-0.15, -0.1) is 11.3 Å². The highest BCUT2D eigenvalue weighted by atomic mass is 32.1. The van der Waals surface area contributed by atoms with Crippen LogP contribution in [0.25, 0.3) is 0 Å². The normalized spacial score (nSPS) is 12.1. The first-order valence-corrected chi connectivity index (χ1v) is 7.57. The smallest absolute Gasteiger partial charge is 0.188 e. The molecule has 0 amide bonds. The molecule has 1 heterocycles. The number of nitrogens with two attached hydrogens (primary N) is 1. The summed E-state index contributed by atoms with van der Waals surface area (Å²) in [5.41, 5.74) is 6.76. The van der Waals surface area contributed by atoms with Gasteiger partial charge in [0.15, 0.2) is 5.96 Å². The van der Waals surface area contributed by atoms with Gasteiger partial charge < -0.3 is 15.8 Å². The Morgan fingerprint density at radius 2 is 2.37 bits per heavy atom. The molecule has 0 aromatic carbocycles. The van der Waals surface area contributed by atoms with Gasteiger partial charge in [0, 0.05) is 31.1 Å². The van der Waals surface area contributed by atoms with Crippen LogP contribution < -0.4 is 11.1 Å². The average molecular weight is 284 g/mol. The monoisotopic (exact) mass is 284 g/mol. The second-order valence-electron chi connectivity index (χ2n) is 4.51. The summed E-state index contributed by atoms with van der Waals surface area (Å²) < 4.78 is 5.24. The van der Waals surface area contributed by atoms with Gasteiger partial charge in [-0.2, -0.15) is 0 Å². The zero-order valence-electron chi connectivity index (χ0n) is 12.0. The molecule has 1 rings (SSSR count). The summed E-state index contributed by atoms with van der Waals surface area (Å²) in [5, 5.41) is 6.25. The summed E-state index contributed by atoms with van der Waals surface area (Å²) in [6, 6.07) is 0. The molecule has 19 heavy (non-hydrogen) atoms. The van der Waals surface area contributed by atoms with E-state index in [4.69, 9.17) is 10.5 Å². The van der Waals surface area contributed by atoms with Gasteiger partial charge >= 0.3 is 0 Å². The van der Waals surface area contributed by atoms with Gasteiger partial charge in [-0.1, -0.05) is 13.8 Å². The molecule has 3 N–H and O–H groups in total. The van der Waals surface area contributed by atoms with Crippen molar-refractivity contribution in [3.05, 3.63) is 16.1 Å².